The van der Waals surface area contributed by atoms with Crippen LogP contribution in [0.25, 0.3) is 0 Å². The lowest BCUT2D eigenvalue weighted by Crippen LogP contribution is -2.46. The Morgan fingerprint density at radius 1 is 0.677 bits per heavy atom. The van der Waals surface area contributed by atoms with Crippen molar-refractivity contribution in [1.82, 2.24) is 0 Å². The lowest BCUT2D eigenvalue weighted by molar-refractivity contribution is -0.0628. The van der Waals surface area contributed by atoms with Gasteiger partial charge < -0.3 is 9.05 Å². The first-order chi connectivity index (χ1) is 15.1. The molecular weight excluding hydrogens is 403 g/mol. The van der Waals surface area contributed by atoms with Crippen molar-refractivity contribution in [3.8, 4) is 0 Å². The minimum atomic E-state index is -2.92. The molecule has 4 rings (SSSR count). The summed E-state index contributed by atoms with van der Waals surface area (Å²) in [7, 11) is -2.92. The van der Waals surface area contributed by atoms with Crippen molar-refractivity contribution in [3.63, 3.8) is 0 Å². The molecule has 0 N–H and O–H groups in total. The molecule has 4 aliphatic carbocycles. The van der Waals surface area contributed by atoms with Crippen molar-refractivity contribution in [1.29, 1.82) is 0 Å². The van der Waals surface area contributed by atoms with Crippen molar-refractivity contribution in [2.75, 3.05) is 19.4 Å². The van der Waals surface area contributed by atoms with E-state index in [2.05, 4.69) is 13.8 Å². The molecule has 4 bridgehead atoms. The van der Waals surface area contributed by atoms with Crippen LogP contribution < -0.4 is 0 Å². The van der Waals surface area contributed by atoms with Gasteiger partial charge in [-0.25, -0.2) is 0 Å². The van der Waals surface area contributed by atoms with Crippen molar-refractivity contribution in [3.05, 3.63) is 0 Å². The molecule has 0 aromatic rings. The first kappa shape index (κ1) is 25.8. The van der Waals surface area contributed by atoms with Gasteiger partial charge in [0.25, 0.3) is 0 Å². The van der Waals surface area contributed by atoms with Crippen LogP contribution in [0.5, 0.6) is 0 Å². The largest absolute Gasteiger partial charge is 0.330 e. The minimum absolute atomic E-state index is 0.501. The Bertz CT molecular complexity index is 511. The molecule has 1 unspecified atom stereocenters. The van der Waals surface area contributed by atoms with Crippen molar-refractivity contribution >= 4 is 7.60 Å². The van der Waals surface area contributed by atoms with Crippen molar-refractivity contribution < 1.29 is 13.6 Å². The van der Waals surface area contributed by atoms with Gasteiger partial charge in [-0.05, 0) is 81.0 Å². The second kappa shape index (κ2) is 13.1. The average Bonchev–Trinajstić information content (AvgIpc) is 2.72. The monoisotopic (exact) mass is 454 g/mol. The quantitative estimate of drug-likeness (QED) is 0.153. The van der Waals surface area contributed by atoms with E-state index in [9.17, 15) is 4.57 Å². The first-order valence-corrected chi connectivity index (χ1v) is 15.7. The number of hydrogen-bond acceptors (Lipinski definition) is 3. The zero-order valence-corrected chi connectivity index (χ0v) is 21.6. The van der Waals surface area contributed by atoms with Gasteiger partial charge in [-0.1, -0.05) is 71.6 Å². The van der Waals surface area contributed by atoms with Crippen molar-refractivity contribution in [2.45, 2.75) is 129 Å². The maximum atomic E-state index is 13.3. The van der Waals surface area contributed by atoms with E-state index in [0.717, 1.165) is 43.4 Å². The molecule has 3 nitrogen and oxygen atoms in total. The van der Waals surface area contributed by atoms with Gasteiger partial charge in [-0.2, -0.15) is 0 Å². The van der Waals surface area contributed by atoms with Gasteiger partial charge in [0.1, 0.15) is 0 Å². The van der Waals surface area contributed by atoms with Crippen LogP contribution in [0.4, 0.5) is 0 Å². The van der Waals surface area contributed by atoms with Crippen LogP contribution in [0.1, 0.15) is 129 Å². The lowest BCUT2D eigenvalue weighted by atomic mass is 9.49. The third kappa shape index (κ3) is 8.46. The lowest BCUT2D eigenvalue weighted by Gasteiger charge is -2.57. The highest BCUT2D eigenvalue weighted by atomic mass is 31.2. The van der Waals surface area contributed by atoms with Crippen LogP contribution in [0.3, 0.4) is 0 Å². The fourth-order valence-corrected chi connectivity index (χ4v) is 8.94. The molecule has 4 fully saturated rings. The zero-order chi connectivity index (χ0) is 22.0. The van der Waals surface area contributed by atoms with E-state index in [0.29, 0.717) is 24.8 Å². The molecule has 0 spiro atoms. The van der Waals surface area contributed by atoms with Crippen LogP contribution in [0.15, 0.2) is 0 Å². The van der Waals surface area contributed by atoms with Gasteiger partial charge in [0, 0.05) is 0 Å². The molecule has 0 aromatic heterocycles. The van der Waals surface area contributed by atoms with Crippen LogP contribution in [0.2, 0.25) is 0 Å². The van der Waals surface area contributed by atoms with Gasteiger partial charge in [0.05, 0.1) is 19.4 Å². The minimum Gasteiger partial charge on any atom is -0.309 e. The molecule has 182 valence electrons. The summed E-state index contributed by atoms with van der Waals surface area (Å²) in [5.74, 6) is 2.92. The second-order valence-electron chi connectivity index (χ2n) is 11.4. The smallest absolute Gasteiger partial charge is 0.309 e. The zero-order valence-electron chi connectivity index (χ0n) is 20.8. The predicted octanol–water partition coefficient (Wildman–Crippen LogP) is 9.15. The van der Waals surface area contributed by atoms with E-state index >= 15 is 0 Å². The summed E-state index contributed by atoms with van der Waals surface area (Å²) in [5, 5.41) is 0. The van der Waals surface area contributed by atoms with Gasteiger partial charge in [-0.15, -0.1) is 0 Å². The van der Waals surface area contributed by atoms with Crippen LogP contribution in [-0.4, -0.2) is 19.4 Å². The Labute approximate surface area is 193 Å². The number of rotatable bonds is 18. The average molecular weight is 455 g/mol. The Morgan fingerprint density at radius 3 is 1.71 bits per heavy atom. The Morgan fingerprint density at radius 2 is 1.16 bits per heavy atom. The highest BCUT2D eigenvalue weighted by molar-refractivity contribution is 7.53. The predicted molar refractivity (Wildman–Crippen MR) is 132 cm³/mol. The molecule has 1 atom stereocenters. The molecule has 4 saturated carbocycles. The SMILES string of the molecule is CCCCCCCCCCCOP(=O)(CCCC)OCCC12CC3CC(CC(C3)C1)C2. The molecule has 0 radical (unpaired) electrons. The van der Waals surface area contributed by atoms with Crippen LogP contribution in [-0.2, 0) is 13.6 Å². The van der Waals surface area contributed by atoms with E-state index in [1.807, 2.05) is 0 Å². The molecule has 0 amide bonds. The summed E-state index contributed by atoms with van der Waals surface area (Å²) in [6.07, 6.45) is 24.0. The van der Waals surface area contributed by atoms with E-state index < -0.39 is 7.60 Å². The topological polar surface area (TPSA) is 35.5 Å². The van der Waals surface area contributed by atoms with Crippen LogP contribution in [0, 0.1) is 23.2 Å². The summed E-state index contributed by atoms with van der Waals surface area (Å²) in [4.78, 5) is 0. The second-order valence-corrected chi connectivity index (χ2v) is 13.5. The maximum Gasteiger partial charge on any atom is 0.330 e. The Hall–Kier alpha value is 0.150. The molecule has 0 heterocycles. The Balaban J connectivity index is 1.32. The molecule has 0 aliphatic heterocycles. The first-order valence-electron chi connectivity index (χ1n) is 13.9. The standard InChI is InChI=1S/C27H51O3P/c1-3-5-7-8-9-10-11-12-13-15-29-31(28,17-6-4-2)30-16-14-27-21-24-18-25(22-27)20-26(19-24)23-27/h24-26H,3-23H2,1-2H3. The number of hydrogen-bond donors (Lipinski definition) is 0. The summed E-state index contributed by atoms with van der Waals surface area (Å²) in [6, 6.07) is 0. The summed E-state index contributed by atoms with van der Waals surface area (Å²) in [6.45, 7) is 5.67. The Kier molecular flexibility index (Phi) is 10.9. The molecule has 0 saturated heterocycles. The fourth-order valence-electron chi connectivity index (χ4n) is 7.13. The molecular formula is C27H51O3P. The van der Waals surface area contributed by atoms with E-state index in [1.54, 1.807) is 0 Å². The van der Waals surface area contributed by atoms with Gasteiger partial charge in [0.15, 0.2) is 0 Å². The van der Waals surface area contributed by atoms with Crippen molar-refractivity contribution in [2.24, 2.45) is 23.2 Å². The van der Waals surface area contributed by atoms with E-state index in [-0.39, 0.29) is 0 Å². The fraction of sp³-hybridized carbons (Fsp3) is 1.00. The maximum absolute atomic E-state index is 13.3. The highest BCUT2D eigenvalue weighted by Crippen LogP contribution is 2.61. The highest BCUT2D eigenvalue weighted by Gasteiger charge is 2.50. The third-order valence-corrected chi connectivity index (χ3v) is 10.4. The van der Waals surface area contributed by atoms with Crippen LogP contribution >= 0.6 is 7.60 Å². The third-order valence-electron chi connectivity index (χ3n) is 8.41. The molecule has 4 heteroatoms. The number of unbranched alkanes of at least 4 members (excludes halogenated alkanes) is 9. The van der Waals surface area contributed by atoms with E-state index in [1.165, 1.54) is 89.9 Å². The van der Waals surface area contributed by atoms with Gasteiger partial charge >= 0.3 is 7.60 Å². The summed E-state index contributed by atoms with van der Waals surface area (Å²) >= 11 is 0. The molecule has 4 aliphatic rings. The van der Waals surface area contributed by atoms with E-state index in [4.69, 9.17) is 9.05 Å². The molecule has 31 heavy (non-hydrogen) atoms. The summed E-state index contributed by atoms with van der Waals surface area (Å²) < 4.78 is 25.4. The molecule has 0 aromatic carbocycles. The normalized spacial score (nSPS) is 31.2. The van der Waals surface area contributed by atoms with Gasteiger partial charge in [0.2, 0.25) is 0 Å². The summed E-state index contributed by atoms with van der Waals surface area (Å²) in [5.41, 5.74) is 0.501. The van der Waals surface area contributed by atoms with Gasteiger partial charge in [-0.3, -0.25) is 4.57 Å².